The largest absolute Gasteiger partial charge is 0.168 e. The predicted molar refractivity (Wildman–Crippen MR) is 51.8 cm³/mol. The van der Waals surface area contributed by atoms with Crippen molar-refractivity contribution < 1.29 is 0 Å². The smallest absolute Gasteiger partial charge is 0.150 e. The van der Waals surface area contributed by atoms with Crippen molar-refractivity contribution in [3.63, 3.8) is 0 Å². The Balaban J connectivity index is 3.28. The fourth-order valence-electron chi connectivity index (χ4n) is 0.632. The van der Waals surface area contributed by atoms with Crippen molar-refractivity contribution in [2.75, 3.05) is 0 Å². The van der Waals surface area contributed by atoms with Gasteiger partial charge in [-0.1, -0.05) is 32.2 Å². The molecule has 56 valence electrons. The fraction of sp³-hybridized carbons (Fsp3) is 1.00. The monoisotopic (exact) mass is 180 g/mol. The Bertz CT molecular complexity index is 75.6. The zero-order valence-electron chi connectivity index (χ0n) is 6.87. The van der Waals surface area contributed by atoms with Gasteiger partial charge in [-0.2, -0.15) is 11.1 Å². The van der Waals surface area contributed by atoms with E-state index in [0.29, 0.717) is 0 Å². The number of hydrogen-bond acceptors (Lipinski definition) is 0. The summed E-state index contributed by atoms with van der Waals surface area (Å²) >= 11 is 6.14. The summed E-state index contributed by atoms with van der Waals surface area (Å²) in [6, 6.07) is 2.75. The normalized spacial score (nSPS) is 12.7. The third kappa shape index (κ3) is 8.72. The summed E-state index contributed by atoms with van der Waals surface area (Å²) in [6.07, 6.45) is 0. The van der Waals surface area contributed by atoms with E-state index in [0.717, 1.165) is 0 Å². The molecule has 0 saturated carbocycles. The van der Waals surface area contributed by atoms with Crippen LogP contribution in [0, 0.1) is 0 Å². The Labute approximate surface area is 65.9 Å². The highest BCUT2D eigenvalue weighted by atomic mass is 35.6. The zero-order chi connectivity index (χ0) is 7.49. The maximum atomic E-state index is 6.14. The van der Waals surface area contributed by atoms with Gasteiger partial charge in [-0.3, -0.25) is 0 Å². The average molecular weight is 181 g/mol. The lowest BCUT2D eigenvalue weighted by Gasteiger charge is -2.12. The highest BCUT2D eigenvalue weighted by Gasteiger charge is 2.16. The van der Waals surface area contributed by atoms with Gasteiger partial charge in [0.2, 0.25) is 0 Å². The van der Waals surface area contributed by atoms with Gasteiger partial charge in [0, 0.05) is 8.80 Å². The first-order chi connectivity index (χ1) is 3.92. The molecule has 0 aliphatic rings. The average Bonchev–Trinajstić information content (AvgIpc) is 1.59. The van der Waals surface area contributed by atoms with Gasteiger partial charge in [0.15, 0.2) is 0 Å². The van der Waals surface area contributed by atoms with E-state index in [1.54, 1.807) is 0 Å². The molecule has 0 bridgehead atoms. The minimum atomic E-state index is -1.21. The minimum Gasteiger partial charge on any atom is -0.168 e. The summed E-state index contributed by atoms with van der Waals surface area (Å²) in [4.78, 5) is 0. The third-order valence-corrected chi connectivity index (χ3v) is 5.38. The fourth-order valence-corrected chi connectivity index (χ4v) is 6.67. The van der Waals surface area contributed by atoms with Gasteiger partial charge in [0.1, 0.15) is 7.38 Å². The van der Waals surface area contributed by atoms with Crippen LogP contribution >= 0.6 is 11.1 Å². The van der Waals surface area contributed by atoms with E-state index < -0.39 is 7.38 Å². The molecule has 0 nitrogen and oxygen atoms in total. The van der Waals surface area contributed by atoms with Crippen molar-refractivity contribution in [1.29, 1.82) is 0 Å². The Hall–Kier alpha value is 0.724. The van der Waals surface area contributed by atoms with Crippen LogP contribution in [0.15, 0.2) is 0 Å². The lowest BCUT2D eigenvalue weighted by Crippen LogP contribution is -2.17. The van der Waals surface area contributed by atoms with Crippen LogP contribution < -0.4 is 0 Å². The maximum Gasteiger partial charge on any atom is 0.150 e. The summed E-state index contributed by atoms with van der Waals surface area (Å²) in [7, 11) is -1.53. The molecule has 0 atom stereocenters. The summed E-state index contributed by atoms with van der Waals surface area (Å²) < 4.78 is 0. The molecule has 0 unspecified atom stereocenters. The van der Waals surface area contributed by atoms with Gasteiger partial charge in [-0.25, -0.2) is 0 Å². The highest BCUT2D eigenvalue weighted by molar-refractivity contribution is 7.19. The lowest BCUT2D eigenvalue weighted by atomic mass is 10.9. The Morgan fingerprint density at radius 2 is 1.78 bits per heavy atom. The minimum absolute atomic E-state index is 0.320. The van der Waals surface area contributed by atoms with Crippen LogP contribution in [0.25, 0.3) is 0 Å². The van der Waals surface area contributed by atoms with Crippen LogP contribution in [-0.4, -0.2) is 16.2 Å². The van der Waals surface area contributed by atoms with Crippen LogP contribution in [0.1, 0.15) is 0 Å². The van der Waals surface area contributed by atoms with Gasteiger partial charge < -0.3 is 0 Å². The van der Waals surface area contributed by atoms with E-state index in [-0.39, 0.29) is 8.80 Å². The van der Waals surface area contributed by atoms with E-state index in [4.69, 9.17) is 11.1 Å². The van der Waals surface area contributed by atoms with Gasteiger partial charge in [-0.15, -0.1) is 0 Å². The van der Waals surface area contributed by atoms with Gasteiger partial charge in [0.25, 0.3) is 0 Å². The zero-order valence-corrected chi connectivity index (χ0v) is 9.78. The first-order valence-corrected chi connectivity index (χ1v) is 11.0. The molecule has 0 spiro atoms. The molecular weight excluding hydrogens is 164 g/mol. The van der Waals surface area contributed by atoms with Crippen molar-refractivity contribution in [3.05, 3.63) is 0 Å². The highest BCUT2D eigenvalue weighted by Crippen LogP contribution is 2.17. The molecule has 0 radical (unpaired) electrons. The van der Waals surface area contributed by atoms with Crippen molar-refractivity contribution in [1.82, 2.24) is 0 Å². The predicted octanol–water partition coefficient (Wildman–Crippen LogP) is 2.92. The van der Waals surface area contributed by atoms with Crippen LogP contribution in [0.2, 0.25) is 38.3 Å². The van der Waals surface area contributed by atoms with E-state index in [1.807, 2.05) is 0 Å². The molecule has 0 rings (SSSR count). The molecule has 0 amide bonds. The van der Waals surface area contributed by atoms with Crippen LogP contribution in [0.4, 0.5) is 0 Å². The molecule has 0 aromatic rings. The van der Waals surface area contributed by atoms with E-state index in [9.17, 15) is 0 Å². The summed E-state index contributed by atoms with van der Waals surface area (Å²) in [6.45, 7) is 9.23. The van der Waals surface area contributed by atoms with Crippen LogP contribution in [-0.2, 0) is 0 Å². The molecule has 0 N–H and O–H groups in total. The Morgan fingerprint density at radius 1 is 1.33 bits per heavy atom. The third-order valence-electron chi connectivity index (χ3n) is 1.32. The molecule has 0 aliphatic heterocycles. The molecule has 0 fully saturated rings. The quantitative estimate of drug-likeness (QED) is 0.463. The molecule has 0 aliphatic carbocycles. The molecule has 0 aromatic heterocycles. The van der Waals surface area contributed by atoms with Gasteiger partial charge in [-0.05, 0) is 6.04 Å². The number of halogens is 1. The topological polar surface area (TPSA) is 0 Å². The van der Waals surface area contributed by atoms with E-state index in [1.165, 1.54) is 12.1 Å². The number of rotatable bonds is 3. The first-order valence-electron chi connectivity index (χ1n) is 3.61. The summed E-state index contributed by atoms with van der Waals surface area (Å²) in [5.41, 5.74) is 0. The van der Waals surface area contributed by atoms with Crippen LogP contribution in [0.5, 0.6) is 0 Å². The van der Waals surface area contributed by atoms with Gasteiger partial charge >= 0.3 is 0 Å². The molecule has 0 saturated heterocycles. The molecule has 9 heavy (non-hydrogen) atoms. The molecule has 0 heterocycles. The second-order valence-electron chi connectivity index (χ2n) is 3.65. The van der Waals surface area contributed by atoms with Crippen molar-refractivity contribution in [2.24, 2.45) is 0 Å². The lowest BCUT2D eigenvalue weighted by molar-refractivity contribution is 1.34. The SMILES string of the molecule is C[SiH](C)CC[Si](C)(C)Cl. The Morgan fingerprint density at radius 3 is 1.89 bits per heavy atom. The van der Waals surface area contributed by atoms with Crippen LogP contribution in [0.3, 0.4) is 0 Å². The summed E-state index contributed by atoms with van der Waals surface area (Å²) in [5.74, 6) is 0. The Kier molecular flexibility index (Phi) is 4.09. The van der Waals surface area contributed by atoms with Gasteiger partial charge in [0.05, 0.1) is 0 Å². The van der Waals surface area contributed by atoms with Crippen molar-refractivity contribution in [2.45, 2.75) is 38.3 Å². The maximum absolute atomic E-state index is 6.14. The first kappa shape index (κ1) is 9.72. The second kappa shape index (κ2) is 3.79. The second-order valence-corrected chi connectivity index (χ2v) is 14.0. The number of hydrogen-bond donors (Lipinski definition) is 0. The van der Waals surface area contributed by atoms with E-state index in [2.05, 4.69) is 26.2 Å². The molecule has 3 heteroatoms. The molecule has 0 aromatic carbocycles. The summed E-state index contributed by atoms with van der Waals surface area (Å²) in [5, 5.41) is 0. The van der Waals surface area contributed by atoms with E-state index >= 15 is 0 Å². The van der Waals surface area contributed by atoms with Crippen molar-refractivity contribution in [3.8, 4) is 0 Å². The molecular formula is C6H17ClSi2. The van der Waals surface area contributed by atoms with Crippen molar-refractivity contribution >= 4 is 27.3 Å². The standard InChI is InChI=1S/C6H17ClSi2/c1-8(2)5-6-9(3,4)7/h8H,5-6H2,1-4H3.